The predicted octanol–water partition coefficient (Wildman–Crippen LogP) is 2.24. The average Bonchev–Trinajstić information content (AvgIpc) is 2.92. The van der Waals surface area contributed by atoms with Gasteiger partial charge in [0.1, 0.15) is 17.0 Å². The van der Waals surface area contributed by atoms with E-state index in [1.165, 1.54) is 37.7 Å². The van der Waals surface area contributed by atoms with Gasteiger partial charge < -0.3 is 0 Å². The van der Waals surface area contributed by atoms with E-state index < -0.39 is 21.4 Å². The Hall–Kier alpha value is -2.24. The zero-order valence-corrected chi connectivity index (χ0v) is 14.1. The molecule has 0 fully saturated rings. The number of hydrogen-bond donors (Lipinski definition) is 0. The molecule has 0 N–H and O–H groups in total. The van der Waals surface area contributed by atoms with Gasteiger partial charge in [-0.25, -0.2) is 17.5 Å². The van der Waals surface area contributed by atoms with Crippen LogP contribution in [0.15, 0.2) is 35.5 Å². The summed E-state index contributed by atoms with van der Waals surface area (Å²) >= 11 is 0. The van der Waals surface area contributed by atoms with Crippen molar-refractivity contribution in [2.75, 3.05) is 7.05 Å². The fourth-order valence-corrected chi connectivity index (χ4v) is 3.36. The van der Waals surface area contributed by atoms with E-state index in [2.05, 4.69) is 5.10 Å². The summed E-state index contributed by atoms with van der Waals surface area (Å²) < 4.78 is 41.6. The van der Waals surface area contributed by atoms with Crippen molar-refractivity contribution >= 4 is 10.0 Å². The molecule has 6 nitrogen and oxygen atoms in total. The number of rotatable bonds is 4. The Morgan fingerprint density at radius 1 is 1.39 bits per heavy atom. The number of aryl methyl sites for hydroxylation is 1. The van der Waals surface area contributed by atoms with Crippen LogP contribution in [0.5, 0.6) is 0 Å². The Bertz CT molecular complexity index is 881. The van der Waals surface area contributed by atoms with Gasteiger partial charge in [-0.15, -0.1) is 0 Å². The smallest absolute Gasteiger partial charge is 0.238 e. The Labute approximate surface area is 134 Å². The monoisotopic (exact) mass is 336 g/mol. The van der Waals surface area contributed by atoms with Crippen LogP contribution in [0.4, 0.5) is 4.39 Å². The lowest BCUT2D eigenvalue weighted by atomic mass is 10.1. The molecule has 0 bridgehead atoms. The van der Waals surface area contributed by atoms with Crippen LogP contribution in [-0.4, -0.2) is 35.1 Å². The van der Waals surface area contributed by atoms with Crippen molar-refractivity contribution in [2.45, 2.75) is 31.2 Å². The normalized spacial score (nSPS) is 12.4. The molecule has 0 saturated carbocycles. The van der Waals surface area contributed by atoms with Gasteiger partial charge in [-0.1, -0.05) is 0 Å². The van der Waals surface area contributed by atoms with E-state index >= 15 is 0 Å². The molecule has 0 aliphatic rings. The van der Waals surface area contributed by atoms with E-state index in [4.69, 9.17) is 5.26 Å². The highest BCUT2D eigenvalue weighted by Gasteiger charge is 2.34. The zero-order valence-electron chi connectivity index (χ0n) is 13.3. The molecule has 1 aromatic carbocycles. The number of nitrogens with zero attached hydrogens (tertiary/aromatic N) is 4. The maximum absolute atomic E-state index is 14.3. The molecular formula is C15H17FN4O2S. The molecule has 2 rings (SSSR count). The minimum atomic E-state index is -3.98. The molecular weight excluding hydrogens is 319 g/mol. The molecule has 0 spiro atoms. The van der Waals surface area contributed by atoms with E-state index in [1.54, 1.807) is 12.4 Å². The van der Waals surface area contributed by atoms with Gasteiger partial charge >= 0.3 is 0 Å². The number of nitriles is 1. The second kappa shape index (κ2) is 5.76. The van der Waals surface area contributed by atoms with Crippen LogP contribution in [-0.2, 0) is 10.0 Å². The fourth-order valence-electron chi connectivity index (χ4n) is 1.91. The SMILES string of the molecule is Cc1cnn(-c2ccc(S(=O)(=O)N(C)C(C)(C)C#N)cc2F)c1. The first-order valence-electron chi connectivity index (χ1n) is 6.81. The summed E-state index contributed by atoms with van der Waals surface area (Å²) in [4.78, 5) is -0.214. The predicted molar refractivity (Wildman–Crippen MR) is 82.9 cm³/mol. The quantitative estimate of drug-likeness (QED) is 0.858. The molecule has 0 radical (unpaired) electrons. The Kier molecular flexibility index (Phi) is 4.28. The van der Waals surface area contributed by atoms with Crippen molar-refractivity contribution in [3.8, 4) is 11.8 Å². The van der Waals surface area contributed by atoms with Gasteiger partial charge in [0.15, 0.2) is 0 Å². The molecule has 2 aromatic rings. The third-order valence-corrected chi connectivity index (χ3v) is 5.62. The lowest BCUT2D eigenvalue weighted by Crippen LogP contribution is -2.43. The summed E-state index contributed by atoms with van der Waals surface area (Å²) in [6, 6.07) is 5.50. The highest BCUT2D eigenvalue weighted by atomic mass is 32.2. The van der Waals surface area contributed by atoms with Crippen LogP contribution in [0.25, 0.3) is 5.69 Å². The van der Waals surface area contributed by atoms with Crippen LogP contribution in [0.1, 0.15) is 19.4 Å². The second-order valence-electron chi connectivity index (χ2n) is 5.72. The summed E-state index contributed by atoms with van der Waals surface area (Å²) in [6.07, 6.45) is 3.21. The first-order chi connectivity index (χ1) is 10.6. The van der Waals surface area contributed by atoms with Crippen LogP contribution in [0.2, 0.25) is 0 Å². The minimum Gasteiger partial charge on any atom is -0.238 e. The molecule has 8 heteroatoms. The lowest BCUT2D eigenvalue weighted by Gasteiger charge is -2.28. The molecule has 0 amide bonds. The first kappa shape index (κ1) is 17.1. The molecule has 0 aliphatic heterocycles. The largest absolute Gasteiger partial charge is 0.244 e. The number of benzene rings is 1. The first-order valence-corrected chi connectivity index (χ1v) is 8.25. The topological polar surface area (TPSA) is 79.0 Å². The van der Waals surface area contributed by atoms with E-state index in [1.807, 2.05) is 13.0 Å². The Balaban J connectivity index is 2.47. The van der Waals surface area contributed by atoms with E-state index in [0.29, 0.717) is 0 Å². The van der Waals surface area contributed by atoms with Crippen molar-refractivity contribution in [1.82, 2.24) is 14.1 Å². The van der Waals surface area contributed by atoms with Crippen LogP contribution >= 0.6 is 0 Å². The summed E-state index contributed by atoms with van der Waals surface area (Å²) in [5.41, 5.74) is -0.233. The molecule has 0 aliphatic carbocycles. The van der Waals surface area contributed by atoms with Gasteiger partial charge in [0.2, 0.25) is 10.0 Å². The Morgan fingerprint density at radius 2 is 2.04 bits per heavy atom. The highest BCUT2D eigenvalue weighted by molar-refractivity contribution is 7.89. The molecule has 23 heavy (non-hydrogen) atoms. The Morgan fingerprint density at radius 3 is 2.52 bits per heavy atom. The third-order valence-electron chi connectivity index (χ3n) is 3.60. The maximum Gasteiger partial charge on any atom is 0.244 e. The molecule has 0 unspecified atom stereocenters. The molecule has 0 saturated heterocycles. The van der Waals surface area contributed by atoms with Crippen LogP contribution < -0.4 is 0 Å². The van der Waals surface area contributed by atoms with Gasteiger partial charge in [0.05, 0.1) is 17.2 Å². The summed E-state index contributed by atoms with van der Waals surface area (Å²) in [5, 5.41) is 13.1. The molecule has 1 heterocycles. The molecule has 1 aromatic heterocycles. The van der Waals surface area contributed by atoms with Crippen molar-refractivity contribution in [3.05, 3.63) is 42.0 Å². The van der Waals surface area contributed by atoms with Crippen LogP contribution in [0.3, 0.4) is 0 Å². The zero-order chi connectivity index (χ0) is 17.4. The van der Waals surface area contributed by atoms with E-state index in [-0.39, 0.29) is 10.6 Å². The number of aromatic nitrogens is 2. The standard InChI is InChI=1S/C15H17FN4O2S/c1-11-8-18-20(9-11)14-6-5-12(7-13(14)16)23(21,22)19(4)15(2,3)10-17/h5-9H,1-4H3. The minimum absolute atomic E-state index is 0.152. The second-order valence-corrected chi connectivity index (χ2v) is 7.69. The van der Waals surface area contributed by atoms with E-state index in [0.717, 1.165) is 15.9 Å². The summed E-state index contributed by atoms with van der Waals surface area (Å²) in [6.45, 7) is 4.77. The average molecular weight is 336 g/mol. The fraction of sp³-hybridized carbons (Fsp3) is 0.333. The van der Waals surface area contributed by atoms with Crippen molar-refractivity contribution in [2.24, 2.45) is 0 Å². The number of hydrogen-bond acceptors (Lipinski definition) is 4. The van der Waals surface area contributed by atoms with Gasteiger partial charge in [0, 0.05) is 13.2 Å². The summed E-state index contributed by atoms with van der Waals surface area (Å²) in [7, 11) is -2.69. The maximum atomic E-state index is 14.3. The van der Waals surface area contributed by atoms with Crippen molar-refractivity contribution < 1.29 is 12.8 Å². The third kappa shape index (κ3) is 3.11. The van der Waals surface area contributed by atoms with Crippen molar-refractivity contribution in [3.63, 3.8) is 0 Å². The van der Waals surface area contributed by atoms with Gasteiger partial charge in [-0.3, -0.25) is 0 Å². The molecule has 0 atom stereocenters. The molecule has 122 valence electrons. The van der Waals surface area contributed by atoms with Crippen molar-refractivity contribution in [1.29, 1.82) is 5.26 Å². The highest BCUT2D eigenvalue weighted by Crippen LogP contribution is 2.25. The number of sulfonamides is 1. The van der Waals surface area contributed by atoms with Gasteiger partial charge in [-0.2, -0.15) is 14.7 Å². The van der Waals surface area contributed by atoms with Gasteiger partial charge in [0.25, 0.3) is 0 Å². The lowest BCUT2D eigenvalue weighted by molar-refractivity contribution is 0.337. The summed E-state index contributed by atoms with van der Waals surface area (Å²) in [5.74, 6) is -0.711. The van der Waals surface area contributed by atoms with Crippen LogP contribution in [0, 0.1) is 24.1 Å². The number of halogens is 1. The van der Waals surface area contributed by atoms with Gasteiger partial charge in [-0.05, 0) is 44.5 Å². The van der Waals surface area contributed by atoms with E-state index in [9.17, 15) is 12.8 Å².